The fourth-order valence-electron chi connectivity index (χ4n) is 0.752. The highest BCUT2D eigenvalue weighted by Crippen LogP contribution is 2.13. The maximum atomic E-state index is 5.73. The third kappa shape index (κ3) is 3.70. The van der Waals surface area contributed by atoms with Gasteiger partial charge in [0.2, 0.25) is 0 Å². The molecular weight excluding hydrogens is 251 g/mol. The first-order valence-electron chi connectivity index (χ1n) is 3.66. The van der Waals surface area contributed by atoms with Gasteiger partial charge in [-0.15, -0.1) is 0 Å². The Bertz CT molecular complexity index is 327. The van der Waals surface area contributed by atoms with Gasteiger partial charge in [-0.05, 0) is 12.2 Å². The number of hydrogen-bond acceptors (Lipinski definition) is 2. The standard InChI is InChI=1S/C9H8BrClN2/c1-2-7(10)3-4-8-5-9(11)13-6-12-8/h2-4,6H,1,5H2/b7-3+,8-4+. The number of aliphatic imine (C=N–C) groups is 2. The van der Waals surface area contributed by atoms with Gasteiger partial charge in [0.15, 0.2) is 0 Å². The van der Waals surface area contributed by atoms with Crippen LogP contribution in [0.4, 0.5) is 0 Å². The predicted octanol–water partition coefficient (Wildman–Crippen LogP) is 3.40. The van der Waals surface area contributed by atoms with Crippen LogP contribution in [-0.4, -0.2) is 11.5 Å². The minimum atomic E-state index is 0.560. The second-order valence-corrected chi connectivity index (χ2v) is 3.69. The predicted molar refractivity (Wildman–Crippen MR) is 61.7 cm³/mol. The molecule has 0 N–H and O–H groups in total. The van der Waals surface area contributed by atoms with Crippen LogP contribution in [0.1, 0.15) is 6.42 Å². The molecule has 1 aliphatic heterocycles. The van der Waals surface area contributed by atoms with Crippen LogP contribution in [0.5, 0.6) is 0 Å². The molecule has 4 heteroatoms. The molecule has 0 aromatic rings. The van der Waals surface area contributed by atoms with Crippen molar-refractivity contribution in [2.75, 3.05) is 0 Å². The number of nitrogens with zero attached hydrogens (tertiary/aromatic N) is 2. The number of rotatable bonds is 2. The molecule has 0 bridgehead atoms. The monoisotopic (exact) mass is 258 g/mol. The lowest BCUT2D eigenvalue weighted by Crippen LogP contribution is -1.95. The summed E-state index contributed by atoms with van der Waals surface area (Å²) in [6.45, 7) is 3.61. The summed E-state index contributed by atoms with van der Waals surface area (Å²) in [7, 11) is 0. The molecule has 0 unspecified atom stereocenters. The second kappa shape index (κ2) is 5.14. The van der Waals surface area contributed by atoms with Crippen molar-refractivity contribution in [3.63, 3.8) is 0 Å². The molecule has 1 heterocycles. The minimum Gasteiger partial charge on any atom is -0.241 e. The summed E-state index contributed by atoms with van der Waals surface area (Å²) in [6, 6.07) is 0. The molecule has 1 rings (SSSR count). The summed E-state index contributed by atoms with van der Waals surface area (Å²) in [4.78, 5) is 7.87. The Morgan fingerprint density at radius 2 is 2.46 bits per heavy atom. The highest BCUT2D eigenvalue weighted by atomic mass is 79.9. The molecule has 0 saturated carbocycles. The molecule has 1 aliphatic rings. The van der Waals surface area contributed by atoms with Crippen LogP contribution in [0.2, 0.25) is 0 Å². The quantitative estimate of drug-likeness (QED) is 0.679. The van der Waals surface area contributed by atoms with Crippen LogP contribution in [-0.2, 0) is 0 Å². The minimum absolute atomic E-state index is 0.560. The number of allylic oxidation sites excluding steroid dienone is 5. The van der Waals surface area contributed by atoms with Crippen LogP contribution in [0.3, 0.4) is 0 Å². The summed E-state index contributed by atoms with van der Waals surface area (Å²) < 4.78 is 0.911. The normalized spacial score (nSPS) is 20.3. The van der Waals surface area contributed by atoms with Gasteiger partial charge in [0, 0.05) is 16.6 Å². The van der Waals surface area contributed by atoms with E-state index in [1.807, 2.05) is 12.2 Å². The summed E-state index contributed by atoms with van der Waals surface area (Å²) in [5.41, 5.74) is 0.888. The van der Waals surface area contributed by atoms with E-state index < -0.39 is 0 Å². The molecule has 0 atom stereocenters. The van der Waals surface area contributed by atoms with Gasteiger partial charge in [0.1, 0.15) is 11.5 Å². The Hall–Kier alpha value is -0.670. The van der Waals surface area contributed by atoms with Gasteiger partial charge in [-0.25, -0.2) is 9.98 Å². The lowest BCUT2D eigenvalue weighted by molar-refractivity contribution is 1.20. The zero-order valence-corrected chi connectivity index (χ0v) is 9.22. The molecule has 0 aromatic carbocycles. The molecule has 0 radical (unpaired) electrons. The second-order valence-electron chi connectivity index (χ2n) is 2.34. The Labute approximate surface area is 90.5 Å². The van der Waals surface area contributed by atoms with Gasteiger partial charge in [0.05, 0.1) is 0 Å². The molecule has 13 heavy (non-hydrogen) atoms. The van der Waals surface area contributed by atoms with E-state index in [0.29, 0.717) is 11.6 Å². The van der Waals surface area contributed by atoms with Gasteiger partial charge in [-0.2, -0.15) is 0 Å². The lowest BCUT2D eigenvalue weighted by Gasteiger charge is -2.02. The Morgan fingerprint density at radius 3 is 3.08 bits per heavy atom. The van der Waals surface area contributed by atoms with Crippen molar-refractivity contribution in [1.82, 2.24) is 0 Å². The Morgan fingerprint density at radius 1 is 1.69 bits per heavy atom. The Balaban J connectivity index is 2.70. The van der Waals surface area contributed by atoms with E-state index in [2.05, 4.69) is 32.5 Å². The van der Waals surface area contributed by atoms with E-state index in [4.69, 9.17) is 11.6 Å². The fraction of sp³-hybridized carbons (Fsp3) is 0.111. The smallest absolute Gasteiger partial charge is 0.117 e. The fourth-order valence-corrected chi connectivity index (χ4v) is 1.06. The van der Waals surface area contributed by atoms with E-state index in [1.165, 1.54) is 6.34 Å². The van der Waals surface area contributed by atoms with E-state index in [-0.39, 0.29) is 0 Å². The topological polar surface area (TPSA) is 24.7 Å². The zero-order valence-electron chi connectivity index (χ0n) is 6.87. The van der Waals surface area contributed by atoms with Gasteiger partial charge in [-0.3, -0.25) is 0 Å². The van der Waals surface area contributed by atoms with Crippen molar-refractivity contribution >= 4 is 39.0 Å². The largest absolute Gasteiger partial charge is 0.241 e. The first kappa shape index (κ1) is 10.4. The van der Waals surface area contributed by atoms with Crippen molar-refractivity contribution in [2.24, 2.45) is 9.98 Å². The molecular formula is C9H8BrClN2. The van der Waals surface area contributed by atoms with E-state index in [1.54, 1.807) is 6.08 Å². The average Bonchev–Trinajstić information content (AvgIpc) is 2.14. The van der Waals surface area contributed by atoms with Gasteiger partial charge in [0.25, 0.3) is 0 Å². The SMILES string of the molecule is C=C/C(Br)=C\C=C1/CC(Cl)=NC=N1. The van der Waals surface area contributed by atoms with Crippen molar-refractivity contribution in [1.29, 1.82) is 0 Å². The summed E-state index contributed by atoms with van der Waals surface area (Å²) in [6.07, 6.45) is 7.49. The van der Waals surface area contributed by atoms with Crippen LogP contribution in [0, 0.1) is 0 Å². The third-order valence-electron chi connectivity index (χ3n) is 1.38. The maximum absolute atomic E-state index is 5.73. The van der Waals surface area contributed by atoms with Crippen LogP contribution >= 0.6 is 27.5 Å². The lowest BCUT2D eigenvalue weighted by atomic mass is 10.3. The summed E-state index contributed by atoms with van der Waals surface area (Å²) in [5.74, 6) is 0. The van der Waals surface area contributed by atoms with Gasteiger partial charge >= 0.3 is 0 Å². The van der Waals surface area contributed by atoms with Crippen molar-refractivity contribution in [2.45, 2.75) is 6.42 Å². The van der Waals surface area contributed by atoms with Crippen LogP contribution in [0.15, 0.2) is 45.0 Å². The molecule has 0 saturated heterocycles. The average molecular weight is 260 g/mol. The van der Waals surface area contributed by atoms with Crippen molar-refractivity contribution in [3.05, 3.63) is 35.0 Å². The highest BCUT2D eigenvalue weighted by molar-refractivity contribution is 9.11. The maximum Gasteiger partial charge on any atom is 0.117 e. The molecule has 0 fully saturated rings. The zero-order chi connectivity index (χ0) is 9.68. The first-order chi connectivity index (χ1) is 6.22. The van der Waals surface area contributed by atoms with E-state index in [0.717, 1.165) is 10.2 Å². The highest BCUT2D eigenvalue weighted by Gasteiger charge is 2.02. The molecule has 0 aliphatic carbocycles. The Kier molecular flexibility index (Phi) is 4.12. The summed E-state index contributed by atoms with van der Waals surface area (Å²) in [5, 5.41) is 0.560. The van der Waals surface area contributed by atoms with Crippen molar-refractivity contribution < 1.29 is 0 Å². The third-order valence-corrected chi connectivity index (χ3v) is 2.20. The summed E-state index contributed by atoms with van der Waals surface area (Å²) >= 11 is 9.03. The van der Waals surface area contributed by atoms with Crippen molar-refractivity contribution in [3.8, 4) is 0 Å². The molecule has 0 amide bonds. The van der Waals surface area contributed by atoms with Crippen LogP contribution in [0.25, 0.3) is 0 Å². The molecule has 0 aromatic heterocycles. The van der Waals surface area contributed by atoms with Gasteiger partial charge < -0.3 is 0 Å². The van der Waals surface area contributed by atoms with Gasteiger partial charge in [-0.1, -0.05) is 40.2 Å². The number of hydrogen-bond donors (Lipinski definition) is 0. The molecule has 2 nitrogen and oxygen atoms in total. The molecule has 0 spiro atoms. The van der Waals surface area contributed by atoms with Crippen LogP contribution < -0.4 is 0 Å². The first-order valence-corrected chi connectivity index (χ1v) is 4.83. The van der Waals surface area contributed by atoms with E-state index in [9.17, 15) is 0 Å². The molecule has 68 valence electrons. The number of halogens is 2. The van der Waals surface area contributed by atoms with E-state index >= 15 is 0 Å².